The summed E-state index contributed by atoms with van der Waals surface area (Å²) in [6, 6.07) is 44.5. The second kappa shape index (κ2) is 40.3. The van der Waals surface area contributed by atoms with E-state index in [4.69, 9.17) is 19.7 Å². The number of carboxylic acids is 2. The average molecular weight is 1930 g/mol. The van der Waals surface area contributed by atoms with Crippen LogP contribution in [0.4, 0.5) is 43.9 Å². The van der Waals surface area contributed by atoms with Crippen LogP contribution in [0.15, 0.2) is 138 Å². The summed E-state index contributed by atoms with van der Waals surface area (Å²) in [6.45, 7) is 20.5. The topological polar surface area (TPSA) is 260 Å². The Morgan fingerprint density at radius 2 is 0.708 bits per heavy atom. The largest absolute Gasteiger partial charge is 0.743 e. The Hall–Kier alpha value is -5.03. The molecule has 5 aromatic carbocycles. The maximum Gasteiger partial charge on any atom is 0.432 e. The number of ether oxygens (including phenoxy) is 4. The number of hydrogen-bond acceptors (Lipinski definition) is 15. The molecule has 1 radical (unpaired) electrons. The van der Waals surface area contributed by atoms with E-state index in [1.54, 1.807) is 65.6 Å². The first-order valence-electron chi connectivity index (χ1n) is 40.3. The van der Waals surface area contributed by atoms with Crippen LogP contribution in [0.1, 0.15) is 228 Å². The van der Waals surface area contributed by atoms with Gasteiger partial charge in [-0.25, -0.2) is 26.4 Å². The Balaban J connectivity index is 0.000000180. The molecule has 4 aliphatic heterocycles. The standard InChI is InChI=1S/C20H26I.C18H27OS.2C14H17F5O5S.C8H14OS.2C7H6O2.Cu/c1-19(2,3)15-7-11-17(12-8-15)21-18-13-9-16(10-14-18)20(4,5)6;1-18(2,3)13-5-7-15(8-6-13)20-16-9-10-17(20)12-14(11-16)19-4;2*15-13(16,17)10(14(18,19)25(21,22)23)24-11(20)12-4-7-1-8(5-12)3-9(2-7)6-12;1-9-6-4-7-2-3-8(5-6)10-7;2*8-7(9)6-4-2-1-3-5-6;/h7-14H,1-6H3;5-8,14,16-17H,9-12H2,1-4H3;2*7-10H,1-6H2,(H,21,22,23);6-8H,2-5H2,1H3;2*1-5H,(H,8,9);/q2*+1;;;;;;/p-2. The zero-order chi connectivity index (χ0) is 88.0. The minimum Gasteiger partial charge on any atom is -0.743 e. The van der Waals surface area contributed by atoms with Gasteiger partial charge >= 0.3 is 67.9 Å². The number of thioether (sulfide) groups is 1. The quantitative estimate of drug-likeness (QED) is 0.0246. The molecule has 2 N–H and O–H groups in total. The van der Waals surface area contributed by atoms with E-state index < -0.39 is 90.0 Å². The molecule has 12 bridgehead atoms. The molecule has 120 heavy (non-hydrogen) atoms. The van der Waals surface area contributed by atoms with Gasteiger partial charge in [-0.1, -0.05) is 135 Å². The number of carboxylic acid groups (broad SMARTS) is 2. The predicted molar refractivity (Wildman–Crippen MR) is 429 cm³/mol. The van der Waals surface area contributed by atoms with Gasteiger partial charge in [0, 0.05) is 78.4 Å². The van der Waals surface area contributed by atoms with Gasteiger partial charge in [-0.05, 0) is 232 Å². The molecule has 17 rings (SSSR count). The Morgan fingerprint density at radius 1 is 0.433 bits per heavy atom. The molecule has 4 saturated heterocycles. The summed E-state index contributed by atoms with van der Waals surface area (Å²) in [6.07, 6.45) is -1.85. The summed E-state index contributed by atoms with van der Waals surface area (Å²) in [4.78, 5) is 46.7. The first-order chi connectivity index (χ1) is 55.1. The van der Waals surface area contributed by atoms with Crippen molar-refractivity contribution in [2.24, 2.45) is 46.3 Å². The van der Waals surface area contributed by atoms with E-state index in [2.05, 4.69) is 156 Å². The third kappa shape index (κ3) is 26.1. The molecular formula is C88H111CuF10IO16S4. The fourth-order valence-corrected chi connectivity index (χ4v) is 27.3. The predicted octanol–water partition coefficient (Wildman–Crippen LogP) is 17.2. The Labute approximate surface area is 727 Å². The van der Waals surface area contributed by atoms with Gasteiger partial charge in [0.1, 0.15) is 10.5 Å². The maximum absolute atomic E-state index is 13.5. The van der Waals surface area contributed by atoms with Gasteiger partial charge in [0.2, 0.25) is 0 Å². The number of methoxy groups -OCH3 is 2. The summed E-state index contributed by atoms with van der Waals surface area (Å²) < 4.78 is 217. The van der Waals surface area contributed by atoms with Crippen molar-refractivity contribution < 1.29 is 156 Å². The van der Waals surface area contributed by atoms with Crippen LogP contribution in [0.5, 0.6) is 0 Å². The molecule has 0 aromatic heterocycles. The van der Waals surface area contributed by atoms with Crippen LogP contribution in [0, 0.1) is 53.5 Å². The van der Waals surface area contributed by atoms with Crippen LogP contribution < -0.4 is 21.2 Å². The van der Waals surface area contributed by atoms with Crippen LogP contribution in [-0.2, 0) is 93.0 Å². The molecule has 16 nitrogen and oxygen atoms in total. The Bertz CT molecular complexity index is 4130. The molecule has 6 atom stereocenters. The Kier molecular flexibility index (Phi) is 33.7. The number of hydrogen-bond donors (Lipinski definition) is 2. The van der Waals surface area contributed by atoms with Crippen molar-refractivity contribution in [2.45, 2.75) is 280 Å². The first-order valence-corrected chi connectivity index (χ1v) is 47.6. The first kappa shape index (κ1) is 100. The number of alkyl halides is 10. The van der Waals surface area contributed by atoms with E-state index in [0.29, 0.717) is 34.2 Å². The SMILES string of the molecule is CC(C)(C)c1ccc([I+]c2ccc(C(C)(C)C)cc2)cc1.COC1CC2CCC(C1)S2.COC1CC2CCC(C1)[S+]2c1ccc(C(C)(C)C)cc1.O=C(O)c1ccccc1.O=C(O)c1ccccc1.O=C(OC(C(F)(F)F)C(F)(F)S(=O)(=O)[O-])C12CC3CC(CC(C3)C1)C2.O=C(OC(C(F)(F)F)C(F)(F)S(=O)(=O)[O-])C12CC3CC(CC(C3)C1)C2.[Cu]. The number of benzene rings is 5. The van der Waals surface area contributed by atoms with Crippen LogP contribution in [0.25, 0.3) is 0 Å². The summed E-state index contributed by atoms with van der Waals surface area (Å²) in [5.74, 6) is -3.92. The van der Waals surface area contributed by atoms with Gasteiger partial charge in [-0.2, -0.15) is 55.7 Å². The summed E-state index contributed by atoms with van der Waals surface area (Å²) in [5.41, 5.74) is 3.10. The molecule has 8 saturated carbocycles. The van der Waals surface area contributed by atoms with Gasteiger partial charge < -0.3 is 38.3 Å². The van der Waals surface area contributed by atoms with E-state index >= 15 is 0 Å². The maximum atomic E-state index is 13.5. The monoisotopic (exact) mass is 1930 g/mol. The van der Waals surface area contributed by atoms with Crippen molar-refractivity contribution in [2.75, 3.05) is 14.2 Å². The molecule has 671 valence electrons. The van der Waals surface area contributed by atoms with Gasteiger partial charge in [0.15, 0.2) is 32.3 Å². The van der Waals surface area contributed by atoms with E-state index in [0.717, 1.165) is 59.5 Å². The van der Waals surface area contributed by atoms with E-state index in [1.807, 2.05) is 14.2 Å². The van der Waals surface area contributed by atoms with Crippen LogP contribution >= 0.6 is 11.8 Å². The van der Waals surface area contributed by atoms with Gasteiger partial charge in [0.25, 0.3) is 12.2 Å². The van der Waals surface area contributed by atoms with Crippen molar-refractivity contribution >= 4 is 66.8 Å². The molecular weight excluding hydrogens is 1820 g/mol. The van der Waals surface area contributed by atoms with E-state index in [1.165, 1.54) is 75.2 Å². The van der Waals surface area contributed by atoms with Crippen molar-refractivity contribution in [3.05, 3.63) is 168 Å². The molecule has 8 aliphatic carbocycles. The fourth-order valence-electron chi connectivity index (χ4n) is 19.1. The number of aromatic carboxylic acids is 2. The van der Waals surface area contributed by atoms with Crippen molar-refractivity contribution in [1.29, 1.82) is 0 Å². The summed E-state index contributed by atoms with van der Waals surface area (Å²) in [5, 5.41) is 8.81. The van der Waals surface area contributed by atoms with Gasteiger partial charge in [-0.15, -0.1) is 0 Å². The van der Waals surface area contributed by atoms with Crippen LogP contribution in [0.2, 0.25) is 0 Å². The zero-order valence-electron chi connectivity index (χ0n) is 69.1. The third-order valence-corrected chi connectivity index (χ3v) is 33.6. The van der Waals surface area contributed by atoms with Crippen molar-refractivity contribution in [3.8, 4) is 0 Å². The third-order valence-electron chi connectivity index (χ3n) is 24.4. The van der Waals surface area contributed by atoms with Crippen LogP contribution in [-0.4, -0.2) is 143 Å². The molecule has 32 heteroatoms. The number of esters is 2. The van der Waals surface area contributed by atoms with Gasteiger partial charge in [0.05, 0.1) is 34.2 Å². The second-order valence-electron chi connectivity index (χ2n) is 36.6. The van der Waals surface area contributed by atoms with Gasteiger partial charge in [-0.3, -0.25) is 9.59 Å². The van der Waals surface area contributed by atoms with Crippen molar-refractivity contribution in [1.82, 2.24) is 0 Å². The number of carbonyl (C=O) groups excluding carboxylic acids is 2. The molecule has 5 aromatic rings. The minimum atomic E-state index is -6.67. The second-order valence-corrected chi connectivity index (χ2v) is 46.7. The molecule has 4 heterocycles. The number of fused-ring (bicyclic) bond motifs is 4. The molecule has 0 spiro atoms. The summed E-state index contributed by atoms with van der Waals surface area (Å²) in [7, 11) is -9.13. The fraction of sp³-hybridized carbons (Fsp3) is 0.614. The van der Waals surface area contributed by atoms with E-state index in [9.17, 15) is 89.0 Å². The smallest absolute Gasteiger partial charge is 0.432 e. The molecule has 0 amide bonds. The number of carbonyl (C=O) groups is 4. The molecule has 12 aliphatic rings. The average Bonchev–Trinajstić information content (AvgIpc) is 0.802. The van der Waals surface area contributed by atoms with Crippen molar-refractivity contribution in [3.63, 3.8) is 0 Å². The number of halogens is 11. The van der Waals surface area contributed by atoms with E-state index in [-0.39, 0.29) is 129 Å². The number of rotatable bonds is 15. The zero-order valence-corrected chi connectivity index (χ0v) is 75.5. The van der Waals surface area contributed by atoms with Crippen LogP contribution in [0.3, 0.4) is 0 Å². The summed E-state index contributed by atoms with van der Waals surface area (Å²) >= 11 is 2.12. The Morgan fingerprint density at radius 3 is 0.950 bits per heavy atom. The molecule has 12 fully saturated rings. The minimum absolute atomic E-state index is 0. The normalized spacial score (nSPS) is 28.0. The molecule has 6 unspecified atom stereocenters.